The Kier molecular flexibility index (Phi) is 7.26. The van der Waals surface area contributed by atoms with Gasteiger partial charge in [-0.25, -0.2) is 12.8 Å². The van der Waals surface area contributed by atoms with Gasteiger partial charge < -0.3 is 4.90 Å². The van der Waals surface area contributed by atoms with Crippen LogP contribution in [-0.2, 0) is 21.2 Å². The molecule has 2 aliphatic heterocycles. The van der Waals surface area contributed by atoms with Crippen LogP contribution in [0.1, 0.15) is 37.7 Å². The summed E-state index contributed by atoms with van der Waals surface area (Å²) in [5, 5.41) is 0. The van der Waals surface area contributed by atoms with Crippen LogP contribution in [0.3, 0.4) is 0 Å². The summed E-state index contributed by atoms with van der Waals surface area (Å²) in [5.74, 6) is 0.250. The van der Waals surface area contributed by atoms with Crippen molar-refractivity contribution in [1.82, 2.24) is 9.21 Å². The third-order valence-electron chi connectivity index (χ3n) is 6.86. The van der Waals surface area contributed by atoms with Gasteiger partial charge >= 0.3 is 0 Å². The number of aryl methyl sites for hydroxylation is 1. The highest BCUT2D eigenvalue weighted by atomic mass is 32.2. The van der Waals surface area contributed by atoms with Gasteiger partial charge in [-0.2, -0.15) is 4.31 Å². The summed E-state index contributed by atoms with van der Waals surface area (Å²) in [6.07, 6.45) is 5.39. The molecule has 0 N–H and O–H groups in total. The molecule has 0 atom stereocenters. The molecule has 0 unspecified atom stereocenters. The predicted octanol–water partition coefficient (Wildman–Crippen LogP) is 4.10. The van der Waals surface area contributed by atoms with Gasteiger partial charge in [0.2, 0.25) is 15.9 Å². The van der Waals surface area contributed by atoms with Gasteiger partial charge in [0.15, 0.2) is 0 Å². The Bertz CT molecular complexity index is 995. The lowest BCUT2D eigenvalue weighted by molar-refractivity contribution is -0.138. The third-order valence-corrected chi connectivity index (χ3v) is 8.78. The molecule has 4 rings (SSSR count). The van der Waals surface area contributed by atoms with Gasteiger partial charge in [-0.1, -0.05) is 30.3 Å². The highest BCUT2D eigenvalue weighted by molar-refractivity contribution is 7.89. The first-order valence-electron chi connectivity index (χ1n) is 11.5. The number of carbonyl (C=O) groups excluding carboxylic acids is 1. The van der Waals surface area contributed by atoms with Gasteiger partial charge in [0, 0.05) is 32.1 Å². The van der Waals surface area contributed by atoms with Gasteiger partial charge in [-0.05, 0) is 74.3 Å². The molecule has 2 fully saturated rings. The number of hydrogen-bond donors (Lipinski definition) is 0. The van der Waals surface area contributed by atoms with E-state index in [4.69, 9.17) is 0 Å². The summed E-state index contributed by atoms with van der Waals surface area (Å²) in [4.78, 5) is 15.1. The van der Waals surface area contributed by atoms with Crippen LogP contribution >= 0.6 is 0 Å². The fourth-order valence-corrected chi connectivity index (χ4v) is 6.28. The Balaban J connectivity index is 1.24. The number of amides is 1. The second kappa shape index (κ2) is 10.1. The van der Waals surface area contributed by atoms with Gasteiger partial charge in [-0.3, -0.25) is 4.79 Å². The number of hydrogen-bond acceptors (Lipinski definition) is 3. The van der Waals surface area contributed by atoms with Gasteiger partial charge in [0.05, 0.1) is 4.90 Å². The van der Waals surface area contributed by atoms with E-state index < -0.39 is 15.8 Å². The molecule has 2 aliphatic rings. The smallest absolute Gasteiger partial charge is 0.243 e. The number of benzene rings is 2. The number of rotatable bonds is 6. The maximum absolute atomic E-state index is 13.1. The van der Waals surface area contributed by atoms with Crippen molar-refractivity contribution in [3.05, 3.63) is 66.0 Å². The average Bonchev–Trinajstić information content (AvgIpc) is 2.84. The molecule has 0 bridgehead atoms. The molecule has 2 saturated heterocycles. The molecule has 0 saturated carbocycles. The van der Waals surface area contributed by atoms with Crippen LogP contribution in [0.25, 0.3) is 0 Å². The Hall–Kier alpha value is -2.25. The van der Waals surface area contributed by atoms with Crippen LogP contribution < -0.4 is 0 Å². The van der Waals surface area contributed by atoms with E-state index in [9.17, 15) is 17.6 Å². The molecule has 172 valence electrons. The molecule has 0 aliphatic carbocycles. The van der Waals surface area contributed by atoms with E-state index in [1.54, 1.807) is 0 Å². The average molecular weight is 459 g/mol. The van der Waals surface area contributed by atoms with E-state index >= 15 is 0 Å². The van der Waals surface area contributed by atoms with E-state index in [0.29, 0.717) is 31.8 Å². The molecular formula is C25H31FN2O3S. The van der Waals surface area contributed by atoms with E-state index in [0.717, 1.165) is 50.9 Å². The molecule has 32 heavy (non-hydrogen) atoms. The van der Waals surface area contributed by atoms with Crippen molar-refractivity contribution in [2.75, 3.05) is 26.2 Å². The largest absolute Gasteiger partial charge is 0.342 e. The summed E-state index contributed by atoms with van der Waals surface area (Å²) < 4.78 is 40.1. The lowest BCUT2D eigenvalue weighted by atomic mass is 9.89. The highest BCUT2D eigenvalue weighted by Gasteiger charge is 2.34. The first-order valence-corrected chi connectivity index (χ1v) is 13.0. The lowest BCUT2D eigenvalue weighted by Crippen LogP contribution is -2.46. The van der Waals surface area contributed by atoms with Crippen molar-refractivity contribution < 1.29 is 17.6 Å². The summed E-state index contributed by atoms with van der Waals surface area (Å²) in [6.45, 7) is 2.24. The Morgan fingerprint density at radius 3 is 2.12 bits per heavy atom. The van der Waals surface area contributed by atoms with Crippen molar-refractivity contribution >= 4 is 15.9 Å². The van der Waals surface area contributed by atoms with Crippen LogP contribution in [0.4, 0.5) is 4.39 Å². The first-order chi connectivity index (χ1) is 15.4. The monoisotopic (exact) mass is 458 g/mol. The Morgan fingerprint density at radius 2 is 1.50 bits per heavy atom. The maximum Gasteiger partial charge on any atom is 0.243 e. The maximum atomic E-state index is 13.1. The van der Waals surface area contributed by atoms with Gasteiger partial charge in [0.25, 0.3) is 0 Å². The standard InChI is InChI=1S/C25H31FN2O3S/c26-23-8-10-24(11-9-23)32(30,31)28-18-14-22(15-19-28)25(29)27-16-12-21(13-17-27)7-6-20-4-2-1-3-5-20/h1-5,8-11,21-22H,6-7,12-19H2. The number of piperidine rings is 2. The first kappa shape index (κ1) is 22.9. The number of nitrogens with zero attached hydrogens (tertiary/aromatic N) is 2. The molecule has 2 aromatic carbocycles. The second-order valence-electron chi connectivity index (χ2n) is 8.93. The fraction of sp³-hybridized carbons (Fsp3) is 0.480. The quantitative estimate of drug-likeness (QED) is 0.655. The number of carbonyl (C=O) groups is 1. The molecule has 2 heterocycles. The topological polar surface area (TPSA) is 57.7 Å². The van der Waals surface area contributed by atoms with Crippen LogP contribution in [0, 0.1) is 17.7 Å². The zero-order valence-corrected chi connectivity index (χ0v) is 19.1. The zero-order valence-electron chi connectivity index (χ0n) is 18.3. The number of likely N-dealkylation sites (tertiary alicyclic amines) is 1. The van der Waals surface area contributed by atoms with Crippen LogP contribution in [0.15, 0.2) is 59.5 Å². The van der Waals surface area contributed by atoms with Crippen molar-refractivity contribution in [3.8, 4) is 0 Å². The van der Waals surface area contributed by atoms with E-state index in [2.05, 4.69) is 24.3 Å². The Morgan fingerprint density at radius 1 is 0.875 bits per heavy atom. The van der Waals surface area contributed by atoms with Crippen LogP contribution in [0.2, 0.25) is 0 Å². The van der Waals surface area contributed by atoms with Crippen molar-refractivity contribution in [3.63, 3.8) is 0 Å². The fourth-order valence-electron chi connectivity index (χ4n) is 4.81. The normalized spacial score (nSPS) is 19.2. The van der Waals surface area contributed by atoms with Gasteiger partial charge in [0.1, 0.15) is 5.82 Å². The number of halogens is 1. The third kappa shape index (κ3) is 5.38. The summed E-state index contributed by atoms with van der Waals surface area (Å²) >= 11 is 0. The zero-order chi connectivity index (χ0) is 22.6. The minimum Gasteiger partial charge on any atom is -0.342 e. The van der Waals surface area contributed by atoms with Crippen molar-refractivity contribution in [1.29, 1.82) is 0 Å². The second-order valence-corrected chi connectivity index (χ2v) is 10.9. The molecule has 5 nitrogen and oxygen atoms in total. The molecule has 0 aromatic heterocycles. The molecule has 2 aromatic rings. The highest BCUT2D eigenvalue weighted by Crippen LogP contribution is 2.28. The Labute approximate surface area is 190 Å². The van der Waals surface area contributed by atoms with E-state index in [1.807, 2.05) is 11.0 Å². The number of sulfonamides is 1. The van der Waals surface area contributed by atoms with Crippen molar-refractivity contribution in [2.24, 2.45) is 11.8 Å². The lowest BCUT2D eigenvalue weighted by Gasteiger charge is -2.37. The van der Waals surface area contributed by atoms with E-state index in [-0.39, 0.29) is 16.7 Å². The molecule has 0 spiro atoms. The molecule has 0 radical (unpaired) electrons. The summed E-state index contributed by atoms with van der Waals surface area (Å²) in [5.41, 5.74) is 1.37. The van der Waals surface area contributed by atoms with Crippen LogP contribution in [-0.4, -0.2) is 49.7 Å². The molecular weight excluding hydrogens is 427 g/mol. The van der Waals surface area contributed by atoms with E-state index in [1.165, 1.54) is 22.0 Å². The van der Waals surface area contributed by atoms with Crippen LogP contribution in [0.5, 0.6) is 0 Å². The predicted molar refractivity (Wildman–Crippen MR) is 122 cm³/mol. The van der Waals surface area contributed by atoms with Crippen molar-refractivity contribution in [2.45, 2.75) is 43.4 Å². The summed E-state index contributed by atoms with van der Waals surface area (Å²) in [6, 6.07) is 15.4. The SMILES string of the molecule is O=C(C1CCN(S(=O)(=O)c2ccc(F)cc2)CC1)N1CCC(CCc2ccccc2)CC1. The minimum atomic E-state index is -3.65. The minimum absolute atomic E-state index is 0.0984. The summed E-state index contributed by atoms with van der Waals surface area (Å²) in [7, 11) is -3.65. The molecule has 7 heteroatoms. The molecule has 1 amide bonds. The van der Waals surface area contributed by atoms with Gasteiger partial charge in [-0.15, -0.1) is 0 Å².